The van der Waals surface area contributed by atoms with Gasteiger partial charge in [-0.2, -0.15) is 0 Å². The number of hydrogen-bond acceptors (Lipinski definition) is 3. The Hall–Kier alpha value is -2.82. The van der Waals surface area contributed by atoms with Crippen molar-refractivity contribution in [3.8, 4) is 0 Å². The third-order valence-electron chi connectivity index (χ3n) is 3.96. The van der Waals surface area contributed by atoms with E-state index >= 15 is 0 Å². The van der Waals surface area contributed by atoms with Crippen LogP contribution in [0.1, 0.15) is 12.8 Å². The summed E-state index contributed by atoms with van der Waals surface area (Å²) in [4.78, 5) is 23.3. The minimum atomic E-state index is -0.445. The Morgan fingerprint density at radius 3 is 2.77 bits per heavy atom. The fourth-order valence-electron chi connectivity index (χ4n) is 2.84. The van der Waals surface area contributed by atoms with Gasteiger partial charge in [-0.05, 0) is 24.6 Å². The lowest BCUT2D eigenvalue weighted by Crippen LogP contribution is -2.37. The summed E-state index contributed by atoms with van der Waals surface area (Å²) in [5.41, 5.74) is 2.22. The summed E-state index contributed by atoms with van der Waals surface area (Å²) >= 11 is 0. The standard InChI is InChI=1S/C17H14N2O3/c20-16-8-7-13(19-16)17(21)18-10-5-6-12-11-3-1-2-4-14(11)22-15(12)9-10/h1-6,9,13H,7-8H2,(H,18,21)(H,19,20)/t13-/m1/s1. The zero-order chi connectivity index (χ0) is 15.1. The van der Waals surface area contributed by atoms with E-state index in [1.54, 1.807) is 0 Å². The predicted octanol–water partition coefficient (Wildman–Crippen LogP) is 2.80. The van der Waals surface area contributed by atoms with E-state index in [1.165, 1.54) is 0 Å². The van der Waals surface area contributed by atoms with Crippen LogP contribution in [-0.2, 0) is 9.59 Å². The second-order valence-corrected chi connectivity index (χ2v) is 5.46. The van der Waals surface area contributed by atoms with Crippen LogP contribution < -0.4 is 10.6 Å². The van der Waals surface area contributed by atoms with Crippen LogP contribution in [0.15, 0.2) is 46.9 Å². The van der Waals surface area contributed by atoms with E-state index in [1.807, 2.05) is 42.5 Å². The highest BCUT2D eigenvalue weighted by atomic mass is 16.3. The molecule has 0 aliphatic carbocycles. The van der Waals surface area contributed by atoms with Crippen molar-refractivity contribution in [3.63, 3.8) is 0 Å². The normalized spacial score (nSPS) is 17.8. The van der Waals surface area contributed by atoms with Crippen molar-refractivity contribution in [1.82, 2.24) is 5.32 Å². The largest absolute Gasteiger partial charge is 0.456 e. The molecular formula is C17H14N2O3. The highest BCUT2D eigenvalue weighted by molar-refractivity contribution is 6.07. The van der Waals surface area contributed by atoms with Gasteiger partial charge in [-0.15, -0.1) is 0 Å². The zero-order valence-electron chi connectivity index (χ0n) is 11.8. The van der Waals surface area contributed by atoms with Gasteiger partial charge >= 0.3 is 0 Å². The summed E-state index contributed by atoms with van der Waals surface area (Å²) < 4.78 is 5.80. The molecule has 0 saturated carbocycles. The number of amides is 2. The zero-order valence-corrected chi connectivity index (χ0v) is 11.8. The first-order chi connectivity index (χ1) is 10.7. The monoisotopic (exact) mass is 294 g/mol. The van der Waals surface area contributed by atoms with Gasteiger partial charge in [0, 0.05) is 28.9 Å². The van der Waals surface area contributed by atoms with Crippen LogP contribution in [0.25, 0.3) is 21.9 Å². The van der Waals surface area contributed by atoms with Gasteiger partial charge in [0.1, 0.15) is 17.2 Å². The molecule has 5 heteroatoms. The molecule has 1 aliphatic rings. The van der Waals surface area contributed by atoms with Gasteiger partial charge in [0.15, 0.2) is 0 Å². The molecule has 22 heavy (non-hydrogen) atoms. The number of anilines is 1. The fourth-order valence-corrected chi connectivity index (χ4v) is 2.84. The van der Waals surface area contributed by atoms with E-state index in [0.717, 1.165) is 21.9 Å². The number of carbonyl (C=O) groups excluding carboxylic acids is 2. The van der Waals surface area contributed by atoms with E-state index in [0.29, 0.717) is 18.5 Å². The minimum Gasteiger partial charge on any atom is -0.456 e. The van der Waals surface area contributed by atoms with E-state index in [-0.39, 0.29) is 11.8 Å². The van der Waals surface area contributed by atoms with Gasteiger partial charge in [0.25, 0.3) is 0 Å². The van der Waals surface area contributed by atoms with E-state index in [4.69, 9.17) is 4.42 Å². The average molecular weight is 294 g/mol. The van der Waals surface area contributed by atoms with Crippen LogP contribution in [-0.4, -0.2) is 17.9 Å². The van der Waals surface area contributed by atoms with E-state index in [9.17, 15) is 9.59 Å². The van der Waals surface area contributed by atoms with Crippen molar-refractivity contribution in [1.29, 1.82) is 0 Å². The molecule has 3 aromatic rings. The Balaban J connectivity index is 1.63. The summed E-state index contributed by atoms with van der Waals surface area (Å²) in [6.45, 7) is 0. The lowest BCUT2D eigenvalue weighted by atomic mass is 10.1. The lowest BCUT2D eigenvalue weighted by Gasteiger charge is -2.10. The van der Waals surface area contributed by atoms with Crippen LogP contribution in [0, 0.1) is 0 Å². The number of fused-ring (bicyclic) bond motifs is 3. The summed E-state index contributed by atoms with van der Waals surface area (Å²) in [6.07, 6.45) is 0.943. The smallest absolute Gasteiger partial charge is 0.246 e. The Kier molecular flexibility index (Phi) is 2.85. The third-order valence-corrected chi connectivity index (χ3v) is 3.96. The molecule has 2 heterocycles. The first-order valence-corrected chi connectivity index (χ1v) is 7.22. The number of benzene rings is 2. The fraction of sp³-hybridized carbons (Fsp3) is 0.176. The number of rotatable bonds is 2. The van der Waals surface area contributed by atoms with Crippen molar-refractivity contribution in [2.24, 2.45) is 0 Å². The Morgan fingerprint density at radius 1 is 1.14 bits per heavy atom. The maximum absolute atomic E-state index is 12.1. The summed E-state index contributed by atoms with van der Waals surface area (Å²) in [6, 6.07) is 13.0. The van der Waals surface area contributed by atoms with Gasteiger partial charge in [-0.25, -0.2) is 0 Å². The van der Waals surface area contributed by atoms with Gasteiger partial charge < -0.3 is 15.1 Å². The molecule has 0 bridgehead atoms. The first-order valence-electron chi connectivity index (χ1n) is 7.22. The molecule has 1 fully saturated rings. The Bertz CT molecular complexity index is 897. The van der Waals surface area contributed by atoms with Crippen molar-refractivity contribution in [2.45, 2.75) is 18.9 Å². The molecular weight excluding hydrogens is 280 g/mol. The molecule has 2 aromatic carbocycles. The van der Waals surface area contributed by atoms with Gasteiger partial charge in [0.2, 0.25) is 11.8 Å². The molecule has 4 rings (SSSR count). The topological polar surface area (TPSA) is 71.3 Å². The highest BCUT2D eigenvalue weighted by Crippen LogP contribution is 2.30. The molecule has 0 spiro atoms. The Labute approximate surface area is 126 Å². The average Bonchev–Trinajstić information content (AvgIpc) is 3.10. The second kappa shape index (κ2) is 4.87. The molecule has 2 amide bonds. The molecule has 1 aromatic heterocycles. The van der Waals surface area contributed by atoms with Crippen molar-refractivity contribution >= 4 is 39.4 Å². The number of para-hydroxylation sites is 1. The molecule has 5 nitrogen and oxygen atoms in total. The molecule has 1 saturated heterocycles. The quantitative estimate of drug-likeness (QED) is 0.763. The summed E-state index contributed by atoms with van der Waals surface area (Å²) in [5, 5.41) is 7.56. The van der Waals surface area contributed by atoms with Gasteiger partial charge in [-0.3, -0.25) is 9.59 Å². The van der Waals surface area contributed by atoms with Crippen molar-refractivity contribution in [2.75, 3.05) is 5.32 Å². The minimum absolute atomic E-state index is 0.0760. The number of hydrogen-bond donors (Lipinski definition) is 2. The molecule has 1 aliphatic heterocycles. The highest BCUT2D eigenvalue weighted by Gasteiger charge is 2.27. The predicted molar refractivity (Wildman–Crippen MR) is 83.5 cm³/mol. The van der Waals surface area contributed by atoms with Crippen molar-refractivity contribution in [3.05, 3.63) is 42.5 Å². The second-order valence-electron chi connectivity index (χ2n) is 5.46. The summed E-state index contributed by atoms with van der Waals surface area (Å²) in [7, 11) is 0. The number of carbonyl (C=O) groups is 2. The maximum atomic E-state index is 12.1. The first kappa shape index (κ1) is 12.9. The molecule has 2 N–H and O–H groups in total. The van der Waals surface area contributed by atoms with Crippen LogP contribution in [0.4, 0.5) is 5.69 Å². The molecule has 0 radical (unpaired) electrons. The molecule has 1 atom stereocenters. The van der Waals surface area contributed by atoms with Crippen LogP contribution in [0.5, 0.6) is 0 Å². The summed E-state index contributed by atoms with van der Waals surface area (Å²) in [5.74, 6) is -0.269. The van der Waals surface area contributed by atoms with Crippen LogP contribution in [0.3, 0.4) is 0 Å². The molecule has 110 valence electrons. The van der Waals surface area contributed by atoms with Gasteiger partial charge in [-0.1, -0.05) is 18.2 Å². The number of nitrogens with one attached hydrogen (secondary N) is 2. The SMILES string of the molecule is O=C1CC[C@H](C(=O)Nc2ccc3c(c2)oc2ccccc23)N1. The van der Waals surface area contributed by atoms with E-state index < -0.39 is 6.04 Å². The third kappa shape index (κ3) is 2.11. The van der Waals surface area contributed by atoms with E-state index in [2.05, 4.69) is 10.6 Å². The lowest BCUT2D eigenvalue weighted by molar-refractivity contribution is -0.122. The maximum Gasteiger partial charge on any atom is 0.246 e. The molecule has 0 unspecified atom stereocenters. The number of furan rings is 1. The van der Waals surface area contributed by atoms with Crippen LogP contribution >= 0.6 is 0 Å². The Morgan fingerprint density at radius 2 is 1.95 bits per heavy atom. The van der Waals surface area contributed by atoms with Crippen LogP contribution in [0.2, 0.25) is 0 Å². The van der Waals surface area contributed by atoms with Gasteiger partial charge in [0.05, 0.1) is 0 Å². The van der Waals surface area contributed by atoms with Crippen molar-refractivity contribution < 1.29 is 14.0 Å².